The highest BCUT2D eigenvalue weighted by atomic mass is 15.2. The fourth-order valence-electron chi connectivity index (χ4n) is 1.69. The molecule has 1 aliphatic rings. The maximum Gasteiger partial charge on any atom is 0.0980 e. The second-order valence-corrected chi connectivity index (χ2v) is 3.28. The Kier molecular flexibility index (Phi) is 2.90. The maximum atomic E-state index is 8.79. The van der Waals surface area contributed by atoms with Crippen molar-refractivity contribution in [1.29, 1.82) is 5.26 Å². The third kappa shape index (κ3) is 1.72. The molecule has 0 saturated carbocycles. The molecule has 0 radical (unpaired) electrons. The van der Waals surface area contributed by atoms with Gasteiger partial charge in [-0.25, -0.2) is 0 Å². The summed E-state index contributed by atoms with van der Waals surface area (Å²) in [6.07, 6.45) is 3.42. The fourth-order valence-corrected chi connectivity index (χ4v) is 1.69. The summed E-state index contributed by atoms with van der Waals surface area (Å²) in [4.78, 5) is 2.32. The van der Waals surface area contributed by atoms with E-state index < -0.39 is 0 Å². The Labute approximate surface area is 68.8 Å². The van der Waals surface area contributed by atoms with Crippen molar-refractivity contribution in [2.45, 2.75) is 45.2 Å². The van der Waals surface area contributed by atoms with Crippen molar-refractivity contribution in [3.8, 4) is 6.07 Å². The van der Waals surface area contributed by atoms with Gasteiger partial charge < -0.3 is 0 Å². The summed E-state index contributed by atoms with van der Waals surface area (Å²) >= 11 is 0. The first-order valence-electron chi connectivity index (χ1n) is 4.45. The van der Waals surface area contributed by atoms with Crippen LogP contribution in [-0.4, -0.2) is 23.5 Å². The lowest BCUT2D eigenvalue weighted by molar-refractivity contribution is 0.218. The number of likely N-dealkylation sites (tertiary alicyclic amines) is 1. The lowest BCUT2D eigenvalue weighted by Gasteiger charge is -2.25. The van der Waals surface area contributed by atoms with Crippen LogP contribution in [-0.2, 0) is 0 Å². The van der Waals surface area contributed by atoms with Crippen LogP contribution in [0.4, 0.5) is 0 Å². The van der Waals surface area contributed by atoms with Gasteiger partial charge >= 0.3 is 0 Å². The molecule has 62 valence electrons. The normalized spacial score (nSPS) is 28.3. The van der Waals surface area contributed by atoms with Crippen LogP contribution in [0.15, 0.2) is 0 Å². The van der Waals surface area contributed by atoms with Crippen LogP contribution in [0.25, 0.3) is 0 Å². The molecule has 0 bridgehead atoms. The molecule has 2 unspecified atom stereocenters. The predicted octanol–water partition coefficient (Wildman–Crippen LogP) is 1.77. The fraction of sp³-hybridized carbons (Fsp3) is 0.889. The van der Waals surface area contributed by atoms with Gasteiger partial charge in [0.25, 0.3) is 0 Å². The highest BCUT2D eigenvalue weighted by Gasteiger charge is 2.26. The molecule has 11 heavy (non-hydrogen) atoms. The van der Waals surface area contributed by atoms with Gasteiger partial charge in [-0.2, -0.15) is 5.26 Å². The van der Waals surface area contributed by atoms with Crippen molar-refractivity contribution in [1.82, 2.24) is 4.90 Å². The van der Waals surface area contributed by atoms with Gasteiger partial charge in [-0.15, -0.1) is 0 Å². The zero-order valence-corrected chi connectivity index (χ0v) is 7.38. The lowest BCUT2D eigenvalue weighted by atomic mass is 10.2. The Balaban J connectivity index is 2.51. The molecule has 0 amide bonds. The molecule has 2 atom stereocenters. The molecule has 0 N–H and O–H groups in total. The van der Waals surface area contributed by atoms with Crippen molar-refractivity contribution >= 4 is 0 Å². The zero-order chi connectivity index (χ0) is 8.27. The van der Waals surface area contributed by atoms with Crippen LogP contribution in [0.2, 0.25) is 0 Å². The van der Waals surface area contributed by atoms with Crippen LogP contribution < -0.4 is 0 Å². The van der Waals surface area contributed by atoms with Crippen molar-refractivity contribution in [2.75, 3.05) is 6.54 Å². The van der Waals surface area contributed by atoms with E-state index in [9.17, 15) is 0 Å². The summed E-state index contributed by atoms with van der Waals surface area (Å²) in [5.74, 6) is 0. The van der Waals surface area contributed by atoms with Gasteiger partial charge in [0.15, 0.2) is 0 Å². The minimum atomic E-state index is 0.199. The first-order chi connectivity index (χ1) is 5.29. The molecule has 1 fully saturated rings. The Morgan fingerprint density at radius 3 is 3.00 bits per heavy atom. The summed E-state index contributed by atoms with van der Waals surface area (Å²) in [5.41, 5.74) is 0. The maximum absolute atomic E-state index is 8.79. The lowest BCUT2D eigenvalue weighted by Crippen LogP contribution is -2.35. The third-order valence-electron chi connectivity index (χ3n) is 2.60. The number of rotatable bonds is 2. The van der Waals surface area contributed by atoms with Gasteiger partial charge in [-0.05, 0) is 32.7 Å². The van der Waals surface area contributed by atoms with Gasteiger partial charge in [0, 0.05) is 6.04 Å². The first kappa shape index (κ1) is 8.55. The summed E-state index contributed by atoms with van der Waals surface area (Å²) in [5, 5.41) is 8.79. The van der Waals surface area contributed by atoms with E-state index in [1.165, 1.54) is 6.42 Å². The smallest absolute Gasteiger partial charge is 0.0980 e. The van der Waals surface area contributed by atoms with Crippen molar-refractivity contribution in [3.05, 3.63) is 0 Å². The Morgan fingerprint density at radius 2 is 2.45 bits per heavy atom. The second-order valence-electron chi connectivity index (χ2n) is 3.28. The largest absolute Gasteiger partial charge is 0.285 e. The van der Waals surface area contributed by atoms with Gasteiger partial charge in [0.2, 0.25) is 0 Å². The summed E-state index contributed by atoms with van der Waals surface area (Å²) in [7, 11) is 0. The van der Waals surface area contributed by atoms with Crippen LogP contribution >= 0.6 is 0 Å². The number of nitrogens with zero attached hydrogens (tertiary/aromatic N) is 2. The Morgan fingerprint density at radius 1 is 1.73 bits per heavy atom. The molecular formula is C9H16N2. The average Bonchev–Trinajstić information content (AvgIpc) is 2.50. The number of hydrogen-bond donors (Lipinski definition) is 0. The Bertz CT molecular complexity index is 159. The minimum Gasteiger partial charge on any atom is -0.285 e. The molecule has 1 saturated heterocycles. The van der Waals surface area contributed by atoms with Gasteiger partial charge in [0.1, 0.15) is 0 Å². The van der Waals surface area contributed by atoms with Gasteiger partial charge in [-0.1, -0.05) is 6.92 Å². The van der Waals surface area contributed by atoms with Crippen LogP contribution in [0.3, 0.4) is 0 Å². The molecule has 0 aromatic carbocycles. The molecule has 2 heteroatoms. The molecule has 1 aliphatic heterocycles. The monoisotopic (exact) mass is 152 g/mol. The average molecular weight is 152 g/mol. The Hall–Kier alpha value is -0.550. The second kappa shape index (κ2) is 3.73. The quantitative estimate of drug-likeness (QED) is 0.603. The standard InChI is InChI=1S/C9H16N2/c1-3-8(2)11-6-4-5-9(11)7-10/h8-9H,3-6H2,1-2H3. The summed E-state index contributed by atoms with van der Waals surface area (Å²) in [6.45, 7) is 5.50. The van der Waals surface area contributed by atoms with Crippen molar-refractivity contribution < 1.29 is 0 Å². The van der Waals surface area contributed by atoms with E-state index in [0.717, 1.165) is 19.4 Å². The summed E-state index contributed by atoms with van der Waals surface area (Å²) < 4.78 is 0. The topological polar surface area (TPSA) is 27.0 Å². The molecule has 2 nitrogen and oxygen atoms in total. The van der Waals surface area contributed by atoms with E-state index in [1.54, 1.807) is 0 Å². The van der Waals surface area contributed by atoms with Crippen molar-refractivity contribution in [2.24, 2.45) is 0 Å². The van der Waals surface area contributed by atoms with E-state index in [2.05, 4.69) is 24.8 Å². The van der Waals surface area contributed by atoms with Crippen LogP contribution in [0, 0.1) is 11.3 Å². The van der Waals surface area contributed by atoms with E-state index in [4.69, 9.17) is 5.26 Å². The zero-order valence-electron chi connectivity index (χ0n) is 7.38. The summed E-state index contributed by atoms with van der Waals surface area (Å²) in [6, 6.07) is 3.14. The van der Waals surface area contributed by atoms with Crippen molar-refractivity contribution in [3.63, 3.8) is 0 Å². The minimum absolute atomic E-state index is 0.199. The molecule has 0 spiro atoms. The third-order valence-corrected chi connectivity index (χ3v) is 2.60. The molecule has 1 rings (SSSR count). The molecule has 0 aliphatic carbocycles. The molecule has 0 aromatic rings. The highest BCUT2D eigenvalue weighted by molar-refractivity contribution is 4.97. The SMILES string of the molecule is CCC(C)N1CCCC1C#N. The predicted molar refractivity (Wildman–Crippen MR) is 45.1 cm³/mol. The van der Waals surface area contributed by atoms with Crippen LogP contribution in [0.1, 0.15) is 33.1 Å². The van der Waals surface area contributed by atoms with Crippen LogP contribution in [0.5, 0.6) is 0 Å². The van der Waals surface area contributed by atoms with E-state index >= 15 is 0 Å². The van der Waals surface area contributed by atoms with E-state index in [0.29, 0.717) is 6.04 Å². The highest BCUT2D eigenvalue weighted by Crippen LogP contribution is 2.20. The molecule has 1 heterocycles. The van der Waals surface area contributed by atoms with Gasteiger partial charge in [-0.3, -0.25) is 4.90 Å². The number of hydrogen-bond acceptors (Lipinski definition) is 2. The number of nitriles is 1. The first-order valence-corrected chi connectivity index (χ1v) is 4.45. The van der Waals surface area contributed by atoms with E-state index in [1.807, 2.05) is 0 Å². The van der Waals surface area contributed by atoms with E-state index in [-0.39, 0.29) is 6.04 Å². The molecular weight excluding hydrogens is 136 g/mol. The van der Waals surface area contributed by atoms with Gasteiger partial charge in [0.05, 0.1) is 12.1 Å². The molecule has 0 aromatic heterocycles.